The van der Waals surface area contributed by atoms with Crippen molar-refractivity contribution in [1.82, 2.24) is 0 Å². The largest absolute Gasteiger partial charge is 0.497 e. The number of ether oxygens (including phenoxy) is 2. The molecule has 0 heterocycles. The lowest BCUT2D eigenvalue weighted by Crippen LogP contribution is -2.12. The SMILES string of the molecule is COc1ccc(/C=C(\C#N)C(N)=O)c(OCc2ccccc2Br)c1. The van der Waals surface area contributed by atoms with Gasteiger partial charge in [0.2, 0.25) is 0 Å². The van der Waals surface area contributed by atoms with Gasteiger partial charge in [0.05, 0.1) is 7.11 Å². The summed E-state index contributed by atoms with van der Waals surface area (Å²) in [7, 11) is 1.55. The molecule has 1 amide bonds. The van der Waals surface area contributed by atoms with Gasteiger partial charge in [-0.05, 0) is 24.3 Å². The standard InChI is InChI=1S/C18H15BrN2O3/c1-23-15-7-6-12(8-14(10-20)18(21)22)17(9-15)24-11-13-4-2-3-5-16(13)19/h2-9H,11H2,1H3,(H2,21,22)/b14-8+. The van der Waals surface area contributed by atoms with Crippen LogP contribution in [0.3, 0.4) is 0 Å². The van der Waals surface area contributed by atoms with Crippen LogP contribution in [0.25, 0.3) is 6.08 Å². The highest BCUT2D eigenvalue weighted by Crippen LogP contribution is 2.28. The first kappa shape index (κ1) is 17.6. The number of rotatable bonds is 6. The normalized spacial score (nSPS) is 10.8. The van der Waals surface area contributed by atoms with Gasteiger partial charge in [-0.2, -0.15) is 5.26 Å². The number of methoxy groups -OCH3 is 1. The molecule has 5 nitrogen and oxygen atoms in total. The van der Waals surface area contributed by atoms with Crippen LogP contribution in [-0.4, -0.2) is 13.0 Å². The molecule has 0 bridgehead atoms. The van der Waals surface area contributed by atoms with Gasteiger partial charge in [0.1, 0.15) is 29.7 Å². The molecular formula is C18H15BrN2O3. The molecule has 0 saturated carbocycles. The zero-order chi connectivity index (χ0) is 17.5. The Morgan fingerprint density at radius 2 is 2.08 bits per heavy atom. The average Bonchev–Trinajstić information content (AvgIpc) is 2.59. The van der Waals surface area contributed by atoms with E-state index in [0.29, 0.717) is 23.7 Å². The maximum atomic E-state index is 11.3. The maximum absolute atomic E-state index is 11.3. The van der Waals surface area contributed by atoms with Crippen LogP contribution in [0.15, 0.2) is 52.5 Å². The molecule has 2 N–H and O–H groups in total. The minimum atomic E-state index is -0.787. The molecule has 0 aliphatic rings. The van der Waals surface area contributed by atoms with Crippen molar-refractivity contribution < 1.29 is 14.3 Å². The van der Waals surface area contributed by atoms with Gasteiger partial charge < -0.3 is 15.2 Å². The Labute approximate surface area is 148 Å². The number of primary amides is 1. The topological polar surface area (TPSA) is 85.3 Å². The summed E-state index contributed by atoms with van der Waals surface area (Å²) in [4.78, 5) is 11.3. The van der Waals surface area contributed by atoms with Gasteiger partial charge in [0.25, 0.3) is 5.91 Å². The third-order valence-electron chi connectivity index (χ3n) is 3.25. The molecule has 122 valence electrons. The molecule has 0 spiro atoms. The smallest absolute Gasteiger partial charge is 0.259 e. The number of nitrogens with zero attached hydrogens (tertiary/aromatic N) is 1. The third kappa shape index (κ3) is 4.37. The summed E-state index contributed by atoms with van der Waals surface area (Å²) in [5.41, 5.74) is 6.57. The van der Waals surface area contributed by atoms with Gasteiger partial charge in [-0.25, -0.2) is 0 Å². The zero-order valence-electron chi connectivity index (χ0n) is 13.0. The van der Waals surface area contributed by atoms with E-state index >= 15 is 0 Å². The predicted octanol–water partition coefficient (Wildman–Crippen LogP) is 3.43. The first-order valence-corrected chi connectivity index (χ1v) is 7.80. The molecule has 6 heteroatoms. The van der Waals surface area contributed by atoms with E-state index in [2.05, 4.69) is 15.9 Å². The molecular weight excluding hydrogens is 372 g/mol. The highest BCUT2D eigenvalue weighted by molar-refractivity contribution is 9.10. The Morgan fingerprint density at radius 1 is 1.33 bits per heavy atom. The van der Waals surface area contributed by atoms with Gasteiger partial charge in [-0.1, -0.05) is 34.1 Å². The van der Waals surface area contributed by atoms with Crippen molar-refractivity contribution in [2.45, 2.75) is 6.61 Å². The van der Waals surface area contributed by atoms with Crippen LogP contribution in [0.4, 0.5) is 0 Å². The molecule has 2 rings (SSSR count). The number of hydrogen-bond acceptors (Lipinski definition) is 4. The number of benzene rings is 2. The Morgan fingerprint density at radius 3 is 2.71 bits per heavy atom. The molecule has 0 saturated heterocycles. The summed E-state index contributed by atoms with van der Waals surface area (Å²) < 4.78 is 12.0. The van der Waals surface area contributed by atoms with Crippen LogP contribution >= 0.6 is 15.9 Å². The van der Waals surface area contributed by atoms with Crippen LogP contribution in [0.1, 0.15) is 11.1 Å². The second-order valence-electron chi connectivity index (χ2n) is 4.82. The van der Waals surface area contributed by atoms with E-state index in [4.69, 9.17) is 20.5 Å². The number of carbonyl (C=O) groups is 1. The van der Waals surface area contributed by atoms with E-state index in [9.17, 15) is 4.79 Å². The van der Waals surface area contributed by atoms with Crippen molar-refractivity contribution in [3.05, 3.63) is 63.6 Å². The van der Waals surface area contributed by atoms with Crippen molar-refractivity contribution in [3.8, 4) is 17.6 Å². The summed E-state index contributed by atoms with van der Waals surface area (Å²) in [5.74, 6) is 0.302. The van der Waals surface area contributed by atoms with Crippen molar-refractivity contribution in [2.75, 3.05) is 7.11 Å². The highest BCUT2D eigenvalue weighted by atomic mass is 79.9. The Balaban J connectivity index is 2.35. The van der Waals surface area contributed by atoms with E-state index in [-0.39, 0.29) is 5.57 Å². The third-order valence-corrected chi connectivity index (χ3v) is 4.02. The lowest BCUT2D eigenvalue weighted by molar-refractivity contribution is -0.114. The lowest BCUT2D eigenvalue weighted by Gasteiger charge is -2.12. The van der Waals surface area contributed by atoms with Crippen LogP contribution in [0.2, 0.25) is 0 Å². The number of amides is 1. The van der Waals surface area contributed by atoms with Crippen LogP contribution in [-0.2, 0) is 11.4 Å². The number of hydrogen-bond donors (Lipinski definition) is 1. The summed E-state index contributed by atoms with van der Waals surface area (Å²) in [6.07, 6.45) is 1.40. The second-order valence-corrected chi connectivity index (χ2v) is 5.67. The molecule has 2 aromatic rings. The molecule has 0 aliphatic carbocycles. The summed E-state index contributed by atoms with van der Waals surface area (Å²) in [6, 6.07) is 14.6. The van der Waals surface area contributed by atoms with E-state index in [0.717, 1.165) is 10.0 Å². The van der Waals surface area contributed by atoms with E-state index in [1.165, 1.54) is 6.08 Å². The maximum Gasteiger partial charge on any atom is 0.259 e. The number of nitriles is 1. The fraction of sp³-hybridized carbons (Fsp3) is 0.111. The number of nitrogens with two attached hydrogens (primary N) is 1. The summed E-state index contributed by atoms with van der Waals surface area (Å²) in [5, 5.41) is 9.00. The number of halogens is 1. The summed E-state index contributed by atoms with van der Waals surface area (Å²) >= 11 is 3.47. The van der Waals surface area contributed by atoms with E-state index in [1.807, 2.05) is 24.3 Å². The fourth-order valence-electron chi connectivity index (χ4n) is 1.97. The van der Waals surface area contributed by atoms with Gasteiger partial charge in [0.15, 0.2) is 0 Å². The Bertz CT molecular complexity index is 825. The van der Waals surface area contributed by atoms with Gasteiger partial charge in [-0.3, -0.25) is 4.79 Å². The minimum Gasteiger partial charge on any atom is -0.497 e. The van der Waals surface area contributed by atoms with Gasteiger partial charge >= 0.3 is 0 Å². The lowest BCUT2D eigenvalue weighted by atomic mass is 10.1. The highest BCUT2D eigenvalue weighted by Gasteiger charge is 2.10. The van der Waals surface area contributed by atoms with Crippen LogP contribution in [0.5, 0.6) is 11.5 Å². The predicted molar refractivity (Wildman–Crippen MR) is 94.3 cm³/mol. The zero-order valence-corrected chi connectivity index (χ0v) is 14.5. The molecule has 0 fully saturated rings. The molecule has 0 aromatic heterocycles. The first-order chi connectivity index (χ1) is 11.5. The quantitative estimate of drug-likeness (QED) is 0.608. The minimum absolute atomic E-state index is 0.147. The van der Waals surface area contributed by atoms with Crippen molar-refractivity contribution >= 4 is 27.9 Å². The van der Waals surface area contributed by atoms with Crippen molar-refractivity contribution in [1.29, 1.82) is 5.26 Å². The molecule has 0 radical (unpaired) electrons. The molecule has 0 atom stereocenters. The van der Waals surface area contributed by atoms with Gasteiger partial charge in [-0.15, -0.1) is 0 Å². The molecule has 0 aliphatic heterocycles. The summed E-state index contributed by atoms with van der Waals surface area (Å²) in [6.45, 7) is 0.313. The average molecular weight is 387 g/mol. The Kier molecular flexibility index (Phi) is 5.99. The monoisotopic (exact) mass is 386 g/mol. The number of carbonyl (C=O) groups excluding carboxylic acids is 1. The van der Waals surface area contributed by atoms with Gasteiger partial charge in [0, 0.05) is 21.7 Å². The fourth-order valence-corrected chi connectivity index (χ4v) is 2.37. The first-order valence-electron chi connectivity index (χ1n) is 7.01. The molecule has 2 aromatic carbocycles. The molecule has 0 unspecified atom stereocenters. The van der Waals surface area contributed by atoms with E-state index in [1.54, 1.807) is 31.4 Å². The van der Waals surface area contributed by atoms with Crippen molar-refractivity contribution in [3.63, 3.8) is 0 Å². The van der Waals surface area contributed by atoms with Crippen LogP contribution < -0.4 is 15.2 Å². The van der Waals surface area contributed by atoms with Crippen LogP contribution in [0, 0.1) is 11.3 Å². The molecule has 24 heavy (non-hydrogen) atoms. The Hall–Kier alpha value is -2.78. The van der Waals surface area contributed by atoms with Crippen molar-refractivity contribution in [2.24, 2.45) is 5.73 Å². The van der Waals surface area contributed by atoms with E-state index < -0.39 is 5.91 Å². The second kappa shape index (κ2) is 8.18.